The van der Waals surface area contributed by atoms with Crippen LogP contribution >= 0.6 is 0 Å². The van der Waals surface area contributed by atoms with E-state index in [2.05, 4.69) is 0 Å². The molecule has 1 aliphatic heterocycles. The van der Waals surface area contributed by atoms with E-state index >= 15 is 0 Å². The number of anilines is 1. The first kappa shape index (κ1) is 17.3. The van der Waals surface area contributed by atoms with Crippen LogP contribution in [0.15, 0.2) is 36.1 Å². The van der Waals surface area contributed by atoms with Gasteiger partial charge in [0.2, 0.25) is 0 Å². The number of aliphatic hydroxyl groups is 1. The van der Waals surface area contributed by atoms with Gasteiger partial charge in [-0.3, -0.25) is 0 Å². The number of ether oxygens (including phenoxy) is 3. The lowest BCUT2D eigenvalue weighted by atomic mass is 9.83. The van der Waals surface area contributed by atoms with E-state index < -0.39 is 18.2 Å². The summed E-state index contributed by atoms with van der Waals surface area (Å²) >= 11 is 0. The van der Waals surface area contributed by atoms with Crippen molar-refractivity contribution in [2.24, 2.45) is 17.8 Å². The molecule has 0 radical (unpaired) electrons. The topological polar surface area (TPSA) is 108 Å². The average molecular weight is 347 g/mol. The Morgan fingerprint density at radius 1 is 1.24 bits per heavy atom. The van der Waals surface area contributed by atoms with Gasteiger partial charge in [-0.25, -0.2) is 9.59 Å². The molecular formula is C18H21NO6. The second-order valence-corrected chi connectivity index (χ2v) is 6.33. The maximum atomic E-state index is 12.1. The Morgan fingerprint density at radius 3 is 2.64 bits per heavy atom. The van der Waals surface area contributed by atoms with Gasteiger partial charge in [-0.1, -0.05) is 0 Å². The highest BCUT2D eigenvalue weighted by molar-refractivity contribution is 5.90. The molecule has 4 unspecified atom stereocenters. The van der Waals surface area contributed by atoms with Gasteiger partial charge in [0.25, 0.3) is 0 Å². The summed E-state index contributed by atoms with van der Waals surface area (Å²) in [6.45, 7) is 0.152. The molecule has 0 spiro atoms. The van der Waals surface area contributed by atoms with Gasteiger partial charge in [0.05, 0.1) is 31.1 Å². The minimum atomic E-state index is -1.03. The van der Waals surface area contributed by atoms with E-state index in [0.717, 1.165) is 6.42 Å². The van der Waals surface area contributed by atoms with Crippen LogP contribution < -0.4 is 5.73 Å². The van der Waals surface area contributed by atoms with Crippen LogP contribution in [-0.4, -0.2) is 37.1 Å². The fourth-order valence-electron chi connectivity index (χ4n) is 3.62. The molecule has 7 heteroatoms. The molecule has 7 nitrogen and oxygen atoms in total. The summed E-state index contributed by atoms with van der Waals surface area (Å²) in [6.07, 6.45) is 1.68. The summed E-state index contributed by atoms with van der Waals surface area (Å²) in [6, 6.07) is 6.47. The third-order valence-electron chi connectivity index (χ3n) is 4.92. The smallest absolute Gasteiger partial charge is 0.338 e. The van der Waals surface area contributed by atoms with Crippen molar-refractivity contribution < 1.29 is 28.9 Å². The van der Waals surface area contributed by atoms with E-state index in [4.69, 9.17) is 19.9 Å². The quantitative estimate of drug-likeness (QED) is 0.627. The lowest BCUT2D eigenvalue weighted by Gasteiger charge is -2.32. The minimum Gasteiger partial charge on any atom is -0.472 e. The number of methoxy groups -OCH3 is 1. The largest absolute Gasteiger partial charge is 0.472 e. The van der Waals surface area contributed by atoms with Gasteiger partial charge in [0, 0.05) is 23.4 Å². The van der Waals surface area contributed by atoms with E-state index in [9.17, 15) is 14.7 Å². The molecule has 1 aromatic carbocycles. The molecule has 1 fully saturated rings. The molecule has 1 heterocycles. The molecule has 3 N–H and O–H groups in total. The Morgan fingerprint density at radius 2 is 1.96 bits per heavy atom. The SMILES string of the molecule is COC(=O)C1=COC(O)C2C(COC(=O)c3ccc(N)cc3)CCC12. The zero-order valence-electron chi connectivity index (χ0n) is 13.9. The number of benzene rings is 1. The van der Waals surface area contributed by atoms with Crippen LogP contribution in [0.3, 0.4) is 0 Å². The Labute approximate surface area is 145 Å². The maximum Gasteiger partial charge on any atom is 0.338 e. The Balaban J connectivity index is 1.64. The summed E-state index contributed by atoms with van der Waals surface area (Å²) < 4.78 is 15.4. The van der Waals surface area contributed by atoms with Crippen molar-refractivity contribution in [2.45, 2.75) is 19.1 Å². The van der Waals surface area contributed by atoms with E-state index in [1.54, 1.807) is 24.3 Å². The summed E-state index contributed by atoms with van der Waals surface area (Å²) in [5.41, 5.74) is 7.01. The Bertz CT molecular complexity index is 683. The van der Waals surface area contributed by atoms with Crippen LogP contribution in [0, 0.1) is 17.8 Å². The Hall–Kier alpha value is -2.54. The second kappa shape index (κ2) is 7.14. The first-order valence-corrected chi connectivity index (χ1v) is 8.16. The highest BCUT2D eigenvalue weighted by Gasteiger charge is 2.47. The van der Waals surface area contributed by atoms with Gasteiger partial charge in [-0.05, 0) is 37.1 Å². The number of nitrogen functional groups attached to an aromatic ring is 1. The summed E-state index contributed by atoms with van der Waals surface area (Å²) in [5, 5.41) is 10.2. The molecule has 3 rings (SSSR count). The van der Waals surface area contributed by atoms with Crippen molar-refractivity contribution in [2.75, 3.05) is 19.5 Å². The Kier molecular flexibility index (Phi) is 4.94. The lowest BCUT2D eigenvalue weighted by molar-refractivity contribution is -0.146. The summed E-state index contributed by atoms with van der Waals surface area (Å²) in [4.78, 5) is 24.0. The van der Waals surface area contributed by atoms with Crippen molar-refractivity contribution in [3.63, 3.8) is 0 Å². The van der Waals surface area contributed by atoms with Crippen LogP contribution in [0.25, 0.3) is 0 Å². The highest BCUT2D eigenvalue weighted by atomic mass is 16.6. The molecule has 2 aliphatic rings. The lowest BCUT2D eigenvalue weighted by Crippen LogP contribution is -2.37. The van der Waals surface area contributed by atoms with Crippen molar-refractivity contribution in [1.82, 2.24) is 0 Å². The maximum absolute atomic E-state index is 12.1. The standard InChI is InChI=1S/C18H21NO6/c1-23-17(21)14-9-25-18(22)15-11(4-7-13(14)15)8-24-16(20)10-2-5-12(19)6-3-10/h2-3,5-6,9,11,13,15,18,22H,4,7-8,19H2,1H3. The number of carbonyl (C=O) groups is 2. The van der Waals surface area contributed by atoms with E-state index in [-0.39, 0.29) is 24.4 Å². The van der Waals surface area contributed by atoms with Crippen LogP contribution in [-0.2, 0) is 19.0 Å². The predicted octanol–water partition coefficient (Wildman–Crippen LogP) is 1.47. The number of esters is 2. The van der Waals surface area contributed by atoms with Crippen molar-refractivity contribution in [3.05, 3.63) is 41.7 Å². The van der Waals surface area contributed by atoms with Gasteiger partial charge in [-0.15, -0.1) is 0 Å². The molecule has 0 saturated heterocycles. The third kappa shape index (κ3) is 3.46. The van der Waals surface area contributed by atoms with E-state index in [1.165, 1.54) is 13.4 Å². The molecule has 1 aliphatic carbocycles. The van der Waals surface area contributed by atoms with Crippen LogP contribution in [0.2, 0.25) is 0 Å². The van der Waals surface area contributed by atoms with Crippen molar-refractivity contribution in [1.29, 1.82) is 0 Å². The number of nitrogens with two attached hydrogens (primary N) is 1. The number of aliphatic hydroxyl groups excluding tert-OH is 1. The number of fused-ring (bicyclic) bond motifs is 1. The third-order valence-corrected chi connectivity index (χ3v) is 4.92. The van der Waals surface area contributed by atoms with Gasteiger partial charge < -0.3 is 25.1 Å². The molecule has 25 heavy (non-hydrogen) atoms. The molecule has 0 bridgehead atoms. The van der Waals surface area contributed by atoms with E-state index in [0.29, 0.717) is 23.2 Å². The highest BCUT2D eigenvalue weighted by Crippen LogP contribution is 2.46. The molecule has 0 aromatic heterocycles. The number of rotatable bonds is 4. The summed E-state index contributed by atoms with van der Waals surface area (Å²) in [7, 11) is 1.31. The minimum absolute atomic E-state index is 0.0916. The van der Waals surface area contributed by atoms with E-state index in [1.807, 2.05) is 0 Å². The van der Waals surface area contributed by atoms with Crippen LogP contribution in [0.1, 0.15) is 23.2 Å². The summed E-state index contributed by atoms with van der Waals surface area (Å²) in [5.74, 6) is -1.46. The van der Waals surface area contributed by atoms with Crippen LogP contribution in [0.4, 0.5) is 5.69 Å². The predicted molar refractivity (Wildman–Crippen MR) is 88.0 cm³/mol. The molecule has 134 valence electrons. The normalized spacial score (nSPS) is 27.7. The first-order valence-electron chi connectivity index (χ1n) is 8.16. The number of hydrogen-bond donors (Lipinski definition) is 2. The molecule has 1 aromatic rings. The van der Waals surface area contributed by atoms with Crippen LogP contribution in [0.5, 0.6) is 0 Å². The fraction of sp³-hybridized carbons (Fsp3) is 0.444. The van der Waals surface area contributed by atoms with Crippen molar-refractivity contribution >= 4 is 17.6 Å². The molecular weight excluding hydrogens is 326 g/mol. The first-order chi connectivity index (χ1) is 12.0. The monoisotopic (exact) mass is 347 g/mol. The second-order valence-electron chi connectivity index (χ2n) is 6.33. The zero-order valence-corrected chi connectivity index (χ0v) is 13.9. The average Bonchev–Trinajstić information content (AvgIpc) is 3.05. The number of carbonyl (C=O) groups excluding carboxylic acids is 2. The fourth-order valence-corrected chi connectivity index (χ4v) is 3.62. The zero-order chi connectivity index (χ0) is 18.0. The van der Waals surface area contributed by atoms with Gasteiger partial charge in [0.1, 0.15) is 0 Å². The van der Waals surface area contributed by atoms with Gasteiger partial charge >= 0.3 is 11.9 Å². The molecule has 0 amide bonds. The van der Waals surface area contributed by atoms with Gasteiger partial charge in [0.15, 0.2) is 6.29 Å². The molecule has 1 saturated carbocycles. The van der Waals surface area contributed by atoms with Gasteiger partial charge in [-0.2, -0.15) is 0 Å². The number of hydrogen-bond acceptors (Lipinski definition) is 7. The molecule has 4 atom stereocenters. The van der Waals surface area contributed by atoms with Crippen molar-refractivity contribution in [3.8, 4) is 0 Å².